The standard InChI is InChI=1S/C25H22N2O5S2/c1-3-27(18-9-5-4-6-10-18)34(30,31)19-15-13-17(14-16-19)23(28)26-24-22(25(29)32-2)20-11-7-8-12-21(20)33-24/h4-16H,3H2,1-2H3,(H,26,28). The Bertz CT molecular complexity index is 1450. The molecule has 174 valence electrons. The number of hydrogen-bond donors (Lipinski definition) is 1. The molecule has 1 aromatic heterocycles. The number of hydrogen-bond acceptors (Lipinski definition) is 6. The van der Waals surface area contributed by atoms with Gasteiger partial charge < -0.3 is 10.1 Å². The number of ether oxygens (including phenoxy) is 1. The van der Waals surface area contributed by atoms with E-state index in [9.17, 15) is 18.0 Å². The summed E-state index contributed by atoms with van der Waals surface area (Å²) in [5, 5.41) is 3.83. The first kappa shape index (κ1) is 23.5. The van der Waals surface area contributed by atoms with Gasteiger partial charge in [-0.05, 0) is 49.4 Å². The highest BCUT2D eigenvalue weighted by atomic mass is 32.2. The van der Waals surface area contributed by atoms with E-state index in [1.165, 1.54) is 47.0 Å². The van der Waals surface area contributed by atoms with Crippen LogP contribution in [-0.4, -0.2) is 33.9 Å². The molecule has 0 spiro atoms. The Morgan fingerprint density at radius 1 is 0.941 bits per heavy atom. The molecule has 0 atom stereocenters. The fraction of sp³-hybridized carbons (Fsp3) is 0.120. The summed E-state index contributed by atoms with van der Waals surface area (Å²) in [6.07, 6.45) is 0. The van der Waals surface area contributed by atoms with Gasteiger partial charge >= 0.3 is 5.97 Å². The van der Waals surface area contributed by atoms with Crippen molar-refractivity contribution in [3.63, 3.8) is 0 Å². The molecule has 1 N–H and O–H groups in total. The van der Waals surface area contributed by atoms with E-state index in [0.717, 1.165) is 4.70 Å². The predicted octanol–water partition coefficient (Wildman–Crippen LogP) is 5.16. The average molecular weight is 495 g/mol. The topological polar surface area (TPSA) is 92.8 Å². The van der Waals surface area contributed by atoms with E-state index in [0.29, 0.717) is 16.1 Å². The number of benzene rings is 3. The zero-order valence-electron chi connectivity index (χ0n) is 18.5. The molecule has 0 saturated heterocycles. The Balaban J connectivity index is 1.61. The van der Waals surface area contributed by atoms with Crippen molar-refractivity contribution in [3.05, 3.63) is 90.0 Å². The summed E-state index contributed by atoms with van der Waals surface area (Å²) in [6.45, 7) is 2.02. The number of para-hydroxylation sites is 1. The molecule has 0 bridgehead atoms. The molecule has 4 aromatic rings. The normalized spacial score (nSPS) is 11.2. The number of nitrogens with one attached hydrogen (secondary N) is 1. The Morgan fingerprint density at radius 2 is 1.59 bits per heavy atom. The molecule has 9 heteroatoms. The van der Waals surface area contributed by atoms with Crippen LogP contribution in [0.2, 0.25) is 0 Å². The molecule has 7 nitrogen and oxygen atoms in total. The molecule has 0 unspecified atom stereocenters. The number of amides is 1. The first-order valence-corrected chi connectivity index (χ1v) is 12.7. The van der Waals surface area contributed by atoms with Crippen LogP contribution in [0.1, 0.15) is 27.6 Å². The quantitative estimate of drug-likeness (QED) is 0.359. The minimum absolute atomic E-state index is 0.0758. The summed E-state index contributed by atoms with van der Waals surface area (Å²) in [5.41, 5.74) is 1.11. The van der Waals surface area contributed by atoms with Gasteiger partial charge in [0.1, 0.15) is 10.6 Å². The van der Waals surface area contributed by atoms with Crippen molar-refractivity contribution < 1.29 is 22.7 Å². The van der Waals surface area contributed by atoms with Gasteiger partial charge in [-0.15, -0.1) is 11.3 Å². The Kier molecular flexibility index (Phi) is 6.67. The monoisotopic (exact) mass is 494 g/mol. The van der Waals surface area contributed by atoms with Crippen LogP contribution in [0.25, 0.3) is 10.1 Å². The molecular formula is C25H22N2O5S2. The summed E-state index contributed by atoms with van der Waals surface area (Å²) in [5.74, 6) is -1.01. The van der Waals surface area contributed by atoms with Gasteiger partial charge in [0.2, 0.25) is 0 Å². The second kappa shape index (κ2) is 9.66. The van der Waals surface area contributed by atoms with Crippen molar-refractivity contribution in [2.24, 2.45) is 0 Å². The van der Waals surface area contributed by atoms with Gasteiger partial charge in [0.25, 0.3) is 15.9 Å². The zero-order valence-corrected chi connectivity index (χ0v) is 20.2. The number of carbonyl (C=O) groups excluding carboxylic acids is 2. The zero-order chi connectivity index (χ0) is 24.3. The number of methoxy groups -OCH3 is 1. The van der Waals surface area contributed by atoms with Gasteiger partial charge in [0.05, 0.1) is 17.7 Å². The van der Waals surface area contributed by atoms with Crippen molar-refractivity contribution in [2.75, 3.05) is 23.3 Å². The second-order valence-corrected chi connectivity index (χ2v) is 10.2. The highest BCUT2D eigenvalue weighted by Gasteiger charge is 2.25. The minimum Gasteiger partial charge on any atom is -0.465 e. The van der Waals surface area contributed by atoms with Crippen molar-refractivity contribution in [1.29, 1.82) is 0 Å². The number of nitrogens with zero attached hydrogens (tertiary/aromatic N) is 1. The fourth-order valence-corrected chi connectivity index (χ4v) is 6.16. The van der Waals surface area contributed by atoms with Gasteiger partial charge in [-0.3, -0.25) is 9.10 Å². The number of rotatable bonds is 7. The van der Waals surface area contributed by atoms with E-state index in [1.54, 1.807) is 43.3 Å². The van der Waals surface area contributed by atoms with E-state index < -0.39 is 21.9 Å². The largest absolute Gasteiger partial charge is 0.465 e. The lowest BCUT2D eigenvalue weighted by Gasteiger charge is -2.23. The number of esters is 1. The molecule has 34 heavy (non-hydrogen) atoms. The maximum atomic E-state index is 13.2. The summed E-state index contributed by atoms with van der Waals surface area (Å²) in [7, 11) is -2.52. The van der Waals surface area contributed by atoms with Gasteiger partial charge in [-0.2, -0.15) is 0 Å². The third kappa shape index (κ3) is 4.40. The van der Waals surface area contributed by atoms with Crippen molar-refractivity contribution >= 4 is 54.0 Å². The average Bonchev–Trinajstić information content (AvgIpc) is 3.22. The van der Waals surface area contributed by atoms with Crippen LogP contribution in [0.5, 0.6) is 0 Å². The molecule has 1 heterocycles. The molecular weight excluding hydrogens is 472 g/mol. The van der Waals surface area contributed by atoms with E-state index in [-0.39, 0.29) is 22.6 Å². The summed E-state index contributed by atoms with van der Waals surface area (Å²) in [6, 6.07) is 21.8. The highest BCUT2D eigenvalue weighted by molar-refractivity contribution is 7.92. The Hall–Kier alpha value is -3.69. The molecule has 0 aliphatic rings. The molecule has 0 fully saturated rings. The first-order chi connectivity index (χ1) is 16.4. The molecule has 0 radical (unpaired) electrons. The van der Waals surface area contributed by atoms with Crippen molar-refractivity contribution in [2.45, 2.75) is 11.8 Å². The number of fused-ring (bicyclic) bond motifs is 1. The first-order valence-electron chi connectivity index (χ1n) is 10.5. The SMILES string of the molecule is CCN(c1ccccc1)S(=O)(=O)c1ccc(C(=O)Nc2sc3ccccc3c2C(=O)OC)cc1. The lowest BCUT2D eigenvalue weighted by molar-refractivity contribution is 0.0604. The number of thiophene rings is 1. The maximum Gasteiger partial charge on any atom is 0.341 e. The van der Waals surface area contributed by atoms with Gasteiger partial charge in [0.15, 0.2) is 0 Å². The van der Waals surface area contributed by atoms with Crippen molar-refractivity contribution in [1.82, 2.24) is 0 Å². The van der Waals surface area contributed by atoms with Crippen LogP contribution in [0, 0.1) is 0 Å². The summed E-state index contributed by atoms with van der Waals surface area (Å²) < 4.78 is 33.4. The van der Waals surface area contributed by atoms with E-state index in [4.69, 9.17) is 4.74 Å². The van der Waals surface area contributed by atoms with Gasteiger partial charge in [0, 0.05) is 22.2 Å². The summed E-state index contributed by atoms with van der Waals surface area (Å²) in [4.78, 5) is 25.3. The summed E-state index contributed by atoms with van der Waals surface area (Å²) >= 11 is 1.27. The van der Waals surface area contributed by atoms with Gasteiger partial charge in [-0.1, -0.05) is 36.4 Å². The molecule has 0 aliphatic heterocycles. The van der Waals surface area contributed by atoms with Crippen LogP contribution >= 0.6 is 11.3 Å². The molecule has 3 aromatic carbocycles. The highest BCUT2D eigenvalue weighted by Crippen LogP contribution is 2.36. The third-order valence-corrected chi connectivity index (χ3v) is 8.25. The Labute approximate surface area is 201 Å². The number of carbonyl (C=O) groups is 2. The molecule has 0 aliphatic carbocycles. The third-order valence-electron chi connectivity index (χ3n) is 5.25. The molecule has 4 rings (SSSR count). The molecule has 0 saturated carbocycles. The fourth-order valence-electron chi connectivity index (χ4n) is 3.60. The van der Waals surface area contributed by atoms with Crippen LogP contribution in [0.4, 0.5) is 10.7 Å². The maximum absolute atomic E-state index is 13.2. The second-order valence-electron chi connectivity index (χ2n) is 7.28. The predicted molar refractivity (Wildman–Crippen MR) is 134 cm³/mol. The van der Waals surface area contributed by atoms with Crippen LogP contribution < -0.4 is 9.62 Å². The number of anilines is 2. The smallest absolute Gasteiger partial charge is 0.341 e. The Morgan fingerprint density at radius 3 is 2.24 bits per heavy atom. The lowest BCUT2D eigenvalue weighted by atomic mass is 10.1. The lowest BCUT2D eigenvalue weighted by Crippen LogP contribution is -2.30. The van der Waals surface area contributed by atoms with E-state index in [2.05, 4.69) is 5.32 Å². The van der Waals surface area contributed by atoms with Crippen LogP contribution in [0.15, 0.2) is 83.8 Å². The minimum atomic E-state index is -3.80. The van der Waals surface area contributed by atoms with Crippen molar-refractivity contribution in [3.8, 4) is 0 Å². The van der Waals surface area contributed by atoms with Gasteiger partial charge in [-0.25, -0.2) is 13.2 Å². The van der Waals surface area contributed by atoms with E-state index >= 15 is 0 Å². The van der Waals surface area contributed by atoms with Crippen LogP contribution in [-0.2, 0) is 14.8 Å². The molecule has 1 amide bonds. The van der Waals surface area contributed by atoms with Crippen LogP contribution in [0.3, 0.4) is 0 Å². The van der Waals surface area contributed by atoms with E-state index in [1.807, 2.05) is 18.2 Å². The number of sulfonamides is 1.